The summed E-state index contributed by atoms with van der Waals surface area (Å²) in [6.45, 7) is 0. The molecule has 0 aliphatic heterocycles. The zero-order valence-electron chi connectivity index (χ0n) is 14.2. The third kappa shape index (κ3) is 5.87. The van der Waals surface area contributed by atoms with Crippen LogP contribution in [0.15, 0.2) is 93.5 Å². The van der Waals surface area contributed by atoms with Crippen LogP contribution in [-0.2, 0) is 4.79 Å². The molecule has 7 heteroatoms. The molecule has 0 saturated carbocycles. The third-order valence-electron chi connectivity index (χ3n) is 3.53. The zero-order chi connectivity index (χ0) is 19.1. The lowest BCUT2D eigenvalue weighted by Crippen LogP contribution is -2.13. The van der Waals surface area contributed by atoms with Crippen LogP contribution < -0.4 is 5.32 Å². The summed E-state index contributed by atoms with van der Waals surface area (Å²) < 4.78 is 0. The summed E-state index contributed by atoms with van der Waals surface area (Å²) in [6.07, 6.45) is 0. The molecule has 5 nitrogen and oxygen atoms in total. The highest BCUT2D eigenvalue weighted by atomic mass is 32.2. The molecule has 1 amide bonds. The first-order valence-corrected chi connectivity index (χ1v) is 9.90. The normalized spacial score (nSPS) is 10.4. The molecular formula is C20H16N2O3S2. The van der Waals surface area contributed by atoms with Gasteiger partial charge in [-0.2, -0.15) is 0 Å². The molecule has 0 aromatic heterocycles. The number of amides is 1. The van der Waals surface area contributed by atoms with E-state index in [1.807, 2.05) is 54.6 Å². The molecule has 0 aliphatic carbocycles. The van der Waals surface area contributed by atoms with E-state index in [-0.39, 0.29) is 11.6 Å². The summed E-state index contributed by atoms with van der Waals surface area (Å²) in [6, 6.07) is 23.7. The number of nitro groups is 1. The number of non-ortho nitro benzene ring substituents is 1. The van der Waals surface area contributed by atoms with Gasteiger partial charge in [0.1, 0.15) is 0 Å². The molecule has 0 heterocycles. The fraction of sp³-hybridized carbons (Fsp3) is 0.0500. The Hall–Kier alpha value is -2.77. The van der Waals surface area contributed by atoms with Gasteiger partial charge < -0.3 is 5.32 Å². The molecule has 0 spiro atoms. The summed E-state index contributed by atoms with van der Waals surface area (Å²) in [5, 5.41) is 13.6. The molecular weight excluding hydrogens is 380 g/mol. The Morgan fingerprint density at radius 2 is 1.44 bits per heavy atom. The van der Waals surface area contributed by atoms with Gasteiger partial charge in [0.2, 0.25) is 5.91 Å². The van der Waals surface area contributed by atoms with E-state index >= 15 is 0 Å². The minimum absolute atomic E-state index is 0.0559. The second-order valence-electron chi connectivity index (χ2n) is 5.53. The maximum atomic E-state index is 12.1. The summed E-state index contributed by atoms with van der Waals surface area (Å²) >= 11 is 3.00. The second-order valence-corrected chi connectivity index (χ2v) is 7.72. The lowest BCUT2D eigenvalue weighted by Gasteiger charge is -2.07. The predicted octanol–water partition coefficient (Wildman–Crippen LogP) is 5.48. The van der Waals surface area contributed by atoms with E-state index < -0.39 is 4.92 Å². The van der Waals surface area contributed by atoms with Gasteiger partial charge in [0.05, 0.1) is 10.7 Å². The second kappa shape index (κ2) is 9.25. The average molecular weight is 396 g/mol. The lowest BCUT2D eigenvalue weighted by molar-refractivity contribution is -0.384. The van der Waals surface area contributed by atoms with Crippen molar-refractivity contribution >= 4 is 40.8 Å². The van der Waals surface area contributed by atoms with Crippen molar-refractivity contribution in [1.82, 2.24) is 0 Å². The highest BCUT2D eigenvalue weighted by Gasteiger charge is 2.06. The number of nitrogens with zero attached hydrogens (tertiary/aromatic N) is 1. The summed E-state index contributed by atoms with van der Waals surface area (Å²) in [5.74, 6) is 0.295. The number of hydrogen-bond acceptors (Lipinski definition) is 5. The van der Waals surface area contributed by atoms with Gasteiger partial charge in [-0.1, -0.05) is 30.0 Å². The zero-order valence-corrected chi connectivity index (χ0v) is 15.8. The quantitative estimate of drug-likeness (QED) is 0.325. The van der Waals surface area contributed by atoms with E-state index in [4.69, 9.17) is 0 Å². The first-order chi connectivity index (χ1) is 13.1. The van der Waals surface area contributed by atoms with Crippen molar-refractivity contribution in [2.24, 2.45) is 0 Å². The fourth-order valence-corrected chi connectivity index (χ4v) is 3.78. The highest BCUT2D eigenvalue weighted by Crippen LogP contribution is 2.29. The Kier molecular flexibility index (Phi) is 6.51. The topological polar surface area (TPSA) is 72.2 Å². The van der Waals surface area contributed by atoms with Gasteiger partial charge in [0, 0.05) is 32.5 Å². The van der Waals surface area contributed by atoms with E-state index in [1.54, 1.807) is 12.1 Å². The standard InChI is InChI=1S/C20H16N2O3S2/c23-20(14-26-17-4-2-1-3-5-17)21-15-6-10-18(11-7-15)27-19-12-8-16(9-13-19)22(24)25/h1-13H,14H2,(H,21,23). The van der Waals surface area contributed by atoms with Crippen LogP contribution in [-0.4, -0.2) is 16.6 Å². The Morgan fingerprint density at radius 1 is 0.852 bits per heavy atom. The number of rotatable bonds is 7. The molecule has 0 atom stereocenters. The van der Waals surface area contributed by atoms with Crippen LogP contribution in [0.2, 0.25) is 0 Å². The molecule has 136 valence electrons. The largest absolute Gasteiger partial charge is 0.325 e. The molecule has 0 fully saturated rings. The van der Waals surface area contributed by atoms with Gasteiger partial charge in [-0.25, -0.2) is 0 Å². The molecule has 27 heavy (non-hydrogen) atoms. The molecule has 3 aromatic carbocycles. The molecule has 1 N–H and O–H groups in total. The molecule has 0 aliphatic rings. The van der Waals surface area contributed by atoms with E-state index in [2.05, 4.69) is 5.32 Å². The highest BCUT2D eigenvalue weighted by molar-refractivity contribution is 8.00. The average Bonchev–Trinajstić information content (AvgIpc) is 2.69. The van der Waals surface area contributed by atoms with Crippen molar-refractivity contribution in [3.05, 3.63) is 89.0 Å². The van der Waals surface area contributed by atoms with Crippen molar-refractivity contribution in [1.29, 1.82) is 0 Å². The maximum Gasteiger partial charge on any atom is 0.269 e. The molecule has 0 unspecified atom stereocenters. The molecule has 3 rings (SSSR count). The van der Waals surface area contributed by atoms with Crippen LogP contribution in [0.3, 0.4) is 0 Å². The minimum Gasteiger partial charge on any atom is -0.325 e. The minimum atomic E-state index is -0.415. The van der Waals surface area contributed by atoms with Crippen LogP contribution in [0.4, 0.5) is 11.4 Å². The van der Waals surface area contributed by atoms with Gasteiger partial charge in [-0.05, 0) is 48.5 Å². The first kappa shape index (κ1) is 19.0. The van der Waals surface area contributed by atoms with Crippen molar-refractivity contribution in [2.45, 2.75) is 14.7 Å². The number of carbonyl (C=O) groups excluding carboxylic acids is 1. The predicted molar refractivity (Wildman–Crippen MR) is 109 cm³/mol. The SMILES string of the molecule is O=C(CSc1ccccc1)Nc1ccc(Sc2ccc([N+](=O)[O-])cc2)cc1. The van der Waals surface area contributed by atoms with Crippen molar-refractivity contribution in [3.63, 3.8) is 0 Å². The van der Waals surface area contributed by atoms with Crippen molar-refractivity contribution < 1.29 is 9.72 Å². The van der Waals surface area contributed by atoms with Crippen LogP contribution in [0.1, 0.15) is 0 Å². The number of anilines is 1. The third-order valence-corrected chi connectivity index (χ3v) is 5.56. The number of benzene rings is 3. The number of nitrogens with one attached hydrogen (secondary N) is 1. The van der Waals surface area contributed by atoms with Crippen LogP contribution in [0.25, 0.3) is 0 Å². The van der Waals surface area contributed by atoms with Gasteiger partial charge in [-0.15, -0.1) is 11.8 Å². The fourth-order valence-electron chi connectivity index (χ4n) is 2.24. The van der Waals surface area contributed by atoms with Gasteiger partial charge >= 0.3 is 0 Å². The van der Waals surface area contributed by atoms with Crippen LogP contribution in [0.5, 0.6) is 0 Å². The van der Waals surface area contributed by atoms with Crippen molar-refractivity contribution in [2.75, 3.05) is 11.1 Å². The Balaban J connectivity index is 1.52. The Bertz CT molecular complexity index is 914. The number of nitro benzene ring substituents is 1. The Morgan fingerprint density at radius 3 is 2.04 bits per heavy atom. The molecule has 0 bridgehead atoms. The Labute approximate surface area is 165 Å². The maximum absolute atomic E-state index is 12.1. The van der Waals surface area contributed by atoms with Crippen molar-refractivity contribution in [3.8, 4) is 0 Å². The lowest BCUT2D eigenvalue weighted by atomic mass is 10.3. The summed E-state index contributed by atoms with van der Waals surface area (Å²) in [5.41, 5.74) is 0.812. The van der Waals surface area contributed by atoms with Gasteiger partial charge in [0.25, 0.3) is 5.69 Å². The first-order valence-electron chi connectivity index (χ1n) is 8.10. The molecule has 0 saturated heterocycles. The molecule has 0 radical (unpaired) electrons. The monoisotopic (exact) mass is 396 g/mol. The van der Waals surface area contributed by atoms with Gasteiger partial charge in [-0.3, -0.25) is 14.9 Å². The van der Waals surface area contributed by atoms with E-state index in [0.29, 0.717) is 5.75 Å². The summed E-state index contributed by atoms with van der Waals surface area (Å²) in [7, 11) is 0. The number of carbonyl (C=O) groups is 1. The van der Waals surface area contributed by atoms with Crippen LogP contribution in [0, 0.1) is 10.1 Å². The van der Waals surface area contributed by atoms with Crippen LogP contribution >= 0.6 is 23.5 Å². The number of thioether (sulfide) groups is 1. The molecule has 3 aromatic rings. The van der Waals surface area contributed by atoms with E-state index in [0.717, 1.165) is 20.4 Å². The van der Waals surface area contributed by atoms with Gasteiger partial charge in [0.15, 0.2) is 0 Å². The summed E-state index contributed by atoms with van der Waals surface area (Å²) in [4.78, 5) is 25.3. The number of hydrogen-bond donors (Lipinski definition) is 1. The van der Waals surface area contributed by atoms with E-state index in [9.17, 15) is 14.9 Å². The smallest absolute Gasteiger partial charge is 0.269 e. The van der Waals surface area contributed by atoms with E-state index in [1.165, 1.54) is 35.7 Å².